The number of hydrogen-bond acceptors (Lipinski definition) is 6. The monoisotopic (exact) mass is 481 g/mol. The molecule has 0 spiro atoms. The van der Waals surface area contributed by atoms with E-state index in [2.05, 4.69) is 10.5 Å². The Balaban J connectivity index is 1.70. The smallest absolute Gasteiger partial charge is 0.271 e. The first kappa shape index (κ1) is 24.8. The van der Waals surface area contributed by atoms with E-state index in [1.807, 2.05) is 12.1 Å². The van der Waals surface area contributed by atoms with Crippen LogP contribution in [0.1, 0.15) is 28.4 Å². The van der Waals surface area contributed by atoms with Crippen LogP contribution >= 0.6 is 0 Å². The number of methoxy groups -OCH3 is 2. The van der Waals surface area contributed by atoms with E-state index in [1.165, 1.54) is 10.6 Å². The van der Waals surface area contributed by atoms with E-state index in [4.69, 9.17) is 9.47 Å². The van der Waals surface area contributed by atoms with Gasteiger partial charge in [-0.25, -0.2) is 13.8 Å². The van der Waals surface area contributed by atoms with Gasteiger partial charge in [-0.2, -0.15) is 5.10 Å². The molecule has 0 bridgehead atoms. The van der Waals surface area contributed by atoms with Gasteiger partial charge < -0.3 is 9.47 Å². The van der Waals surface area contributed by atoms with E-state index in [-0.39, 0.29) is 12.5 Å². The van der Waals surface area contributed by atoms with Crippen molar-refractivity contribution in [3.63, 3.8) is 0 Å². The van der Waals surface area contributed by atoms with Gasteiger partial charge in [0.25, 0.3) is 5.91 Å². The molecule has 0 aliphatic carbocycles. The minimum absolute atomic E-state index is 0.154. The molecule has 0 fully saturated rings. The predicted molar refractivity (Wildman–Crippen MR) is 133 cm³/mol. The first-order chi connectivity index (χ1) is 16.2. The molecule has 3 aromatic carbocycles. The van der Waals surface area contributed by atoms with Crippen molar-refractivity contribution >= 4 is 27.3 Å². The number of benzene rings is 3. The van der Waals surface area contributed by atoms with Crippen molar-refractivity contribution in [1.82, 2.24) is 5.43 Å². The van der Waals surface area contributed by atoms with E-state index in [9.17, 15) is 13.2 Å². The van der Waals surface area contributed by atoms with E-state index in [0.29, 0.717) is 28.5 Å². The molecule has 0 aliphatic heterocycles. The fraction of sp³-hybridized carbons (Fsp3) is 0.200. The van der Waals surface area contributed by atoms with Gasteiger partial charge in [-0.3, -0.25) is 9.10 Å². The summed E-state index contributed by atoms with van der Waals surface area (Å²) in [6.07, 6.45) is 1.17. The van der Waals surface area contributed by atoms with Crippen LogP contribution in [0.15, 0.2) is 77.9 Å². The van der Waals surface area contributed by atoms with Crippen molar-refractivity contribution in [2.75, 3.05) is 24.8 Å². The van der Waals surface area contributed by atoms with Gasteiger partial charge in [0.1, 0.15) is 0 Å². The Morgan fingerprint density at radius 3 is 2.12 bits per heavy atom. The number of hydrazone groups is 1. The Hall–Kier alpha value is -3.85. The zero-order valence-electron chi connectivity index (χ0n) is 19.5. The molecule has 9 heteroatoms. The lowest BCUT2D eigenvalue weighted by Crippen LogP contribution is -2.29. The van der Waals surface area contributed by atoms with Crippen molar-refractivity contribution < 1.29 is 22.7 Å². The second kappa shape index (κ2) is 10.8. The number of carbonyl (C=O) groups excluding carboxylic acids is 1. The van der Waals surface area contributed by atoms with E-state index in [1.54, 1.807) is 81.8 Å². The SMILES string of the molecule is COc1ccc(/C(C)=N\NC(=O)c2ccc(CN(c3ccccc3)S(C)(=O)=O)cc2)cc1OC. The van der Waals surface area contributed by atoms with Gasteiger partial charge in [-0.05, 0) is 55.0 Å². The molecule has 1 N–H and O–H groups in total. The lowest BCUT2D eigenvalue weighted by Gasteiger charge is -2.22. The highest BCUT2D eigenvalue weighted by Gasteiger charge is 2.18. The van der Waals surface area contributed by atoms with Crippen LogP contribution in [0.2, 0.25) is 0 Å². The third kappa shape index (κ3) is 6.14. The summed E-state index contributed by atoms with van der Waals surface area (Å²) in [6, 6.07) is 21.0. The third-order valence-corrected chi connectivity index (χ3v) is 6.25. The molecule has 8 nitrogen and oxygen atoms in total. The number of nitrogens with zero attached hydrogens (tertiary/aromatic N) is 2. The first-order valence-electron chi connectivity index (χ1n) is 10.4. The molecule has 0 radical (unpaired) electrons. The highest BCUT2D eigenvalue weighted by atomic mass is 32.2. The molecule has 178 valence electrons. The standard InChI is InChI=1S/C25H27N3O5S/c1-18(21-14-15-23(32-2)24(16-21)33-3)26-27-25(29)20-12-10-19(11-13-20)17-28(34(4,30)31)22-8-6-5-7-9-22/h5-16H,17H2,1-4H3,(H,27,29)/b26-18-. The van der Waals surface area contributed by atoms with Crippen molar-refractivity contribution in [3.8, 4) is 11.5 Å². The third-order valence-electron chi connectivity index (χ3n) is 5.11. The van der Waals surface area contributed by atoms with Gasteiger partial charge in [0.2, 0.25) is 10.0 Å². The van der Waals surface area contributed by atoms with Crippen LogP contribution in [0.4, 0.5) is 5.69 Å². The van der Waals surface area contributed by atoms with Crippen molar-refractivity contribution in [1.29, 1.82) is 0 Å². The Morgan fingerprint density at radius 2 is 1.53 bits per heavy atom. The zero-order valence-corrected chi connectivity index (χ0v) is 20.3. The van der Waals surface area contributed by atoms with Gasteiger partial charge >= 0.3 is 0 Å². The van der Waals surface area contributed by atoms with Crippen LogP contribution in [0, 0.1) is 0 Å². The van der Waals surface area contributed by atoms with E-state index >= 15 is 0 Å². The molecule has 0 unspecified atom stereocenters. The summed E-state index contributed by atoms with van der Waals surface area (Å²) >= 11 is 0. The molecule has 0 atom stereocenters. The highest BCUT2D eigenvalue weighted by molar-refractivity contribution is 7.92. The number of hydrogen-bond donors (Lipinski definition) is 1. The normalized spacial score (nSPS) is 11.6. The first-order valence-corrected chi connectivity index (χ1v) is 12.3. The molecule has 1 amide bonds. The number of para-hydroxylation sites is 1. The molecular formula is C25H27N3O5S. The maximum Gasteiger partial charge on any atom is 0.271 e. The van der Waals surface area contributed by atoms with Crippen LogP contribution in [-0.4, -0.2) is 40.5 Å². The van der Waals surface area contributed by atoms with Crippen molar-refractivity contribution in [2.45, 2.75) is 13.5 Å². The molecule has 0 saturated carbocycles. The fourth-order valence-electron chi connectivity index (χ4n) is 3.25. The number of nitrogens with one attached hydrogen (secondary N) is 1. The Kier molecular flexibility index (Phi) is 7.91. The Bertz CT molecular complexity index is 1270. The predicted octanol–water partition coefficient (Wildman–Crippen LogP) is 3.82. The summed E-state index contributed by atoms with van der Waals surface area (Å²) in [6.45, 7) is 1.93. The second-order valence-corrected chi connectivity index (χ2v) is 9.42. The van der Waals surface area contributed by atoms with Crippen LogP contribution in [-0.2, 0) is 16.6 Å². The lowest BCUT2D eigenvalue weighted by molar-refractivity contribution is 0.0955. The molecule has 34 heavy (non-hydrogen) atoms. The van der Waals surface area contributed by atoms with E-state index in [0.717, 1.165) is 11.1 Å². The molecule has 3 aromatic rings. The van der Waals surface area contributed by atoms with Gasteiger partial charge in [0, 0.05) is 11.1 Å². The topological polar surface area (TPSA) is 97.3 Å². The van der Waals surface area contributed by atoms with Crippen molar-refractivity contribution in [3.05, 3.63) is 89.5 Å². The van der Waals surface area contributed by atoms with Crippen LogP contribution < -0.4 is 19.2 Å². The van der Waals surface area contributed by atoms with Gasteiger partial charge in [-0.15, -0.1) is 0 Å². The maximum atomic E-state index is 12.5. The minimum Gasteiger partial charge on any atom is -0.493 e. The second-order valence-electron chi connectivity index (χ2n) is 7.51. The molecule has 0 saturated heterocycles. The summed E-state index contributed by atoms with van der Waals surface area (Å²) in [7, 11) is -0.367. The number of amides is 1. The lowest BCUT2D eigenvalue weighted by atomic mass is 10.1. The summed E-state index contributed by atoms with van der Waals surface area (Å²) in [5.41, 5.74) is 5.64. The molecule has 0 heterocycles. The molecule has 0 aliphatic rings. The summed E-state index contributed by atoms with van der Waals surface area (Å²) in [4.78, 5) is 12.5. The number of sulfonamides is 1. The Labute approximate surface area is 199 Å². The summed E-state index contributed by atoms with van der Waals surface area (Å²) in [5, 5.41) is 4.18. The Morgan fingerprint density at radius 1 is 0.912 bits per heavy atom. The van der Waals surface area contributed by atoms with Crippen LogP contribution in [0.25, 0.3) is 0 Å². The molecule has 3 rings (SSSR count). The average molecular weight is 482 g/mol. The summed E-state index contributed by atoms with van der Waals surface area (Å²) in [5.74, 6) is 0.786. The van der Waals surface area contributed by atoms with Gasteiger partial charge in [0.15, 0.2) is 11.5 Å². The van der Waals surface area contributed by atoms with Crippen LogP contribution in [0.5, 0.6) is 11.5 Å². The summed E-state index contributed by atoms with van der Waals surface area (Å²) < 4.78 is 36.4. The number of anilines is 1. The number of ether oxygens (including phenoxy) is 2. The average Bonchev–Trinajstić information content (AvgIpc) is 2.85. The molecule has 0 aromatic heterocycles. The van der Waals surface area contributed by atoms with Gasteiger partial charge in [0.05, 0.1) is 38.4 Å². The molecular weight excluding hydrogens is 454 g/mol. The zero-order chi connectivity index (χ0) is 24.7. The van der Waals surface area contributed by atoms with Crippen LogP contribution in [0.3, 0.4) is 0 Å². The van der Waals surface area contributed by atoms with E-state index < -0.39 is 10.0 Å². The largest absolute Gasteiger partial charge is 0.493 e. The number of carbonyl (C=O) groups is 1. The highest BCUT2D eigenvalue weighted by Crippen LogP contribution is 2.27. The minimum atomic E-state index is -3.48. The fourth-order valence-corrected chi connectivity index (χ4v) is 4.13. The maximum absolute atomic E-state index is 12.5. The van der Waals surface area contributed by atoms with Gasteiger partial charge in [-0.1, -0.05) is 30.3 Å². The quantitative estimate of drug-likeness (QED) is 0.370. The number of rotatable bonds is 9. The van der Waals surface area contributed by atoms with Crippen molar-refractivity contribution in [2.24, 2.45) is 5.10 Å².